The maximum atomic E-state index is 12.1. The number of nitrogen functional groups attached to an aromatic ring is 1. The van der Waals surface area contributed by atoms with Gasteiger partial charge in [-0.1, -0.05) is 18.2 Å². The monoisotopic (exact) mass is 280 g/mol. The Bertz CT molecular complexity index is 751. The van der Waals surface area contributed by atoms with Crippen LogP contribution in [0.5, 0.6) is 11.5 Å². The minimum Gasteiger partial charge on any atom is -0.457 e. The SMILES string of the molecule is Nc1ncn(C(=O)c2ccc(Oc3ccccc3)cc2)n1. The summed E-state index contributed by atoms with van der Waals surface area (Å²) in [5.74, 6) is 1.15. The molecule has 21 heavy (non-hydrogen) atoms. The van der Waals surface area contributed by atoms with Crippen LogP contribution >= 0.6 is 0 Å². The summed E-state index contributed by atoms with van der Waals surface area (Å²) in [7, 11) is 0. The van der Waals surface area contributed by atoms with E-state index in [4.69, 9.17) is 10.5 Å². The fourth-order valence-corrected chi connectivity index (χ4v) is 1.80. The van der Waals surface area contributed by atoms with Crippen LogP contribution in [0.4, 0.5) is 5.95 Å². The summed E-state index contributed by atoms with van der Waals surface area (Å²) in [5, 5.41) is 3.78. The van der Waals surface area contributed by atoms with E-state index in [9.17, 15) is 4.79 Å². The topological polar surface area (TPSA) is 83.0 Å². The molecule has 0 aliphatic heterocycles. The maximum Gasteiger partial charge on any atom is 0.279 e. The van der Waals surface area contributed by atoms with E-state index >= 15 is 0 Å². The first-order valence-electron chi connectivity index (χ1n) is 6.27. The summed E-state index contributed by atoms with van der Waals surface area (Å²) < 4.78 is 6.76. The van der Waals surface area contributed by atoms with Gasteiger partial charge in [-0.15, -0.1) is 5.10 Å². The molecule has 0 amide bonds. The molecular weight excluding hydrogens is 268 g/mol. The summed E-state index contributed by atoms with van der Waals surface area (Å²) in [6.45, 7) is 0. The van der Waals surface area contributed by atoms with Crippen molar-refractivity contribution < 1.29 is 9.53 Å². The van der Waals surface area contributed by atoms with Gasteiger partial charge in [0.2, 0.25) is 5.95 Å². The largest absolute Gasteiger partial charge is 0.457 e. The van der Waals surface area contributed by atoms with Crippen LogP contribution in [-0.2, 0) is 0 Å². The van der Waals surface area contributed by atoms with Crippen molar-refractivity contribution in [2.75, 3.05) is 5.73 Å². The number of hydrogen-bond donors (Lipinski definition) is 1. The molecule has 1 heterocycles. The Morgan fingerprint density at radius 2 is 1.67 bits per heavy atom. The zero-order chi connectivity index (χ0) is 14.7. The van der Waals surface area contributed by atoms with Crippen LogP contribution in [0.3, 0.4) is 0 Å². The molecule has 0 fully saturated rings. The molecule has 0 aliphatic rings. The normalized spacial score (nSPS) is 10.3. The number of nitrogens with two attached hydrogens (primary N) is 1. The summed E-state index contributed by atoms with van der Waals surface area (Å²) >= 11 is 0. The molecule has 0 saturated carbocycles. The van der Waals surface area contributed by atoms with E-state index in [-0.39, 0.29) is 11.9 Å². The van der Waals surface area contributed by atoms with E-state index in [1.165, 1.54) is 6.33 Å². The number of anilines is 1. The maximum absolute atomic E-state index is 12.1. The average molecular weight is 280 g/mol. The molecule has 3 rings (SSSR count). The highest BCUT2D eigenvalue weighted by molar-refractivity contribution is 5.95. The van der Waals surface area contributed by atoms with Gasteiger partial charge in [0.1, 0.15) is 17.8 Å². The van der Waals surface area contributed by atoms with E-state index in [1.807, 2.05) is 30.3 Å². The van der Waals surface area contributed by atoms with Crippen molar-refractivity contribution in [2.24, 2.45) is 0 Å². The van der Waals surface area contributed by atoms with Crippen LogP contribution in [0.25, 0.3) is 0 Å². The lowest BCUT2D eigenvalue weighted by Crippen LogP contribution is -2.12. The van der Waals surface area contributed by atoms with Crippen molar-refractivity contribution in [1.29, 1.82) is 0 Å². The second-order valence-electron chi connectivity index (χ2n) is 4.29. The molecule has 1 aromatic heterocycles. The highest BCUT2D eigenvalue weighted by Gasteiger charge is 2.10. The zero-order valence-corrected chi connectivity index (χ0v) is 11.0. The number of hydrogen-bond acceptors (Lipinski definition) is 5. The fourth-order valence-electron chi connectivity index (χ4n) is 1.80. The Morgan fingerprint density at radius 3 is 2.29 bits per heavy atom. The molecule has 0 bridgehead atoms. The molecule has 2 N–H and O–H groups in total. The fraction of sp³-hybridized carbons (Fsp3) is 0. The molecule has 0 radical (unpaired) electrons. The predicted octanol–water partition coefficient (Wildman–Crippen LogP) is 2.34. The van der Waals surface area contributed by atoms with Crippen molar-refractivity contribution in [2.45, 2.75) is 0 Å². The van der Waals surface area contributed by atoms with Crippen molar-refractivity contribution in [3.05, 3.63) is 66.5 Å². The Morgan fingerprint density at radius 1 is 1.00 bits per heavy atom. The van der Waals surface area contributed by atoms with Crippen molar-refractivity contribution in [3.8, 4) is 11.5 Å². The van der Waals surface area contributed by atoms with Gasteiger partial charge in [-0.05, 0) is 36.4 Å². The molecule has 0 atom stereocenters. The Labute approximate surface area is 120 Å². The van der Waals surface area contributed by atoms with Gasteiger partial charge in [0.25, 0.3) is 5.91 Å². The summed E-state index contributed by atoms with van der Waals surface area (Å²) in [6, 6.07) is 16.2. The van der Waals surface area contributed by atoms with Gasteiger partial charge in [0.05, 0.1) is 0 Å². The lowest BCUT2D eigenvalue weighted by molar-refractivity contribution is 0.0945. The lowest BCUT2D eigenvalue weighted by Gasteiger charge is -2.06. The van der Waals surface area contributed by atoms with E-state index < -0.39 is 0 Å². The van der Waals surface area contributed by atoms with Gasteiger partial charge in [0.15, 0.2) is 0 Å². The number of nitrogens with zero attached hydrogens (tertiary/aromatic N) is 3. The molecule has 0 unspecified atom stereocenters. The average Bonchev–Trinajstić information content (AvgIpc) is 2.95. The standard InChI is InChI=1S/C15H12N4O2/c16-15-17-10-19(18-15)14(20)11-6-8-13(9-7-11)21-12-4-2-1-3-5-12/h1-10H,(H2,16,18). The molecule has 6 heteroatoms. The van der Waals surface area contributed by atoms with Crippen molar-refractivity contribution in [1.82, 2.24) is 14.8 Å². The number of ether oxygens (including phenoxy) is 1. The van der Waals surface area contributed by atoms with Crippen LogP contribution in [0.15, 0.2) is 60.9 Å². The first-order chi connectivity index (χ1) is 10.2. The van der Waals surface area contributed by atoms with Gasteiger partial charge in [-0.2, -0.15) is 4.68 Å². The van der Waals surface area contributed by atoms with Gasteiger partial charge >= 0.3 is 0 Å². The predicted molar refractivity (Wildman–Crippen MR) is 77.1 cm³/mol. The number of benzene rings is 2. The van der Waals surface area contributed by atoms with Gasteiger partial charge < -0.3 is 10.5 Å². The smallest absolute Gasteiger partial charge is 0.279 e. The number of carbonyl (C=O) groups is 1. The highest BCUT2D eigenvalue weighted by atomic mass is 16.5. The molecular formula is C15H12N4O2. The number of para-hydroxylation sites is 1. The lowest BCUT2D eigenvalue weighted by atomic mass is 10.2. The first-order valence-corrected chi connectivity index (χ1v) is 6.27. The van der Waals surface area contributed by atoms with Crippen molar-refractivity contribution >= 4 is 11.9 Å². The Kier molecular flexibility index (Phi) is 3.34. The minimum atomic E-state index is -0.300. The number of aromatic nitrogens is 3. The van der Waals surface area contributed by atoms with Crippen LogP contribution < -0.4 is 10.5 Å². The third-order valence-corrected chi connectivity index (χ3v) is 2.80. The molecule has 0 saturated heterocycles. The van der Waals surface area contributed by atoms with Crippen LogP contribution in [0, 0.1) is 0 Å². The number of carbonyl (C=O) groups excluding carboxylic acids is 1. The van der Waals surface area contributed by atoms with E-state index in [0.29, 0.717) is 11.3 Å². The Balaban J connectivity index is 1.76. The minimum absolute atomic E-state index is 0.0624. The summed E-state index contributed by atoms with van der Waals surface area (Å²) in [6.07, 6.45) is 1.28. The third kappa shape index (κ3) is 2.89. The molecule has 104 valence electrons. The molecule has 2 aromatic carbocycles. The van der Waals surface area contributed by atoms with Crippen LogP contribution in [0.1, 0.15) is 10.4 Å². The van der Waals surface area contributed by atoms with Gasteiger partial charge in [-0.25, -0.2) is 4.98 Å². The highest BCUT2D eigenvalue weighted by Crippen LogP contribution is 2.21. The molecule has 0 aliphatic carbocycles. The van der Waals surface area contributed by atoms with Crippen LogP contribution in [-0.4, -0.2) is 20.7 Å². The first kappa shape index (κ1) is 12.9. The summed E-state index contributed by atoms with van der Waals surface area (Å²) in [4.78, 5) is 15.8. The number of rotatable bonds is 3. The quantitative estimate of drug-likeness (QED) is 0.796. The molecule has 0 spiro atoms. The van der Waals surface area contributed by atoms with Gasteiger partial charge in [-0.3, -0.25) is 4.79 Å². The molecule has 6 nitrogen and oxygen atoms in total. The van der Waals surface area contributed by atoms with Crippen molar-refractivity contribution in [3.63, 3.8) is 0 Å². The van der Waals surface area contributed by atoms with Crippen LogP contribution in [0.2, 0.25) is 0 Å². The third-order valence-electron chi connectivity index (χ3n) is 2.80. The van der Waals surface area contributed by atoms with E-state index in [1.54, 1.807) is 24.3 Å². The molecule has 3 aromatic rings. The summed E-state index contributed by atoms with van der Waals surface area (Å²) in [5.41, 5.74) is 5.86. The second kappa shape index (κ2) is 5.46. The zero-order valence-electron chi connectivity index (χ0n) is 11.0. The van der Waals surface area contributed by atoms with E-state index in [2.05, 4.69) is 10.1 Å². The second-order valence-corrected chi connectivity index (χ2v) is 4.29. The van der Waals surface area contributed by atoms with E-state index in [0.717, 1.165) is 10.4 Å². The Hall–Kier alpha value is -3.15. The van der Waals surface area contributed by atoms with Gasteiger partial charge in [0, 0.05) is 5.56 Å².